The van der Waals surface area contributed by atoms with Gasteiger partial charge >= 0.3 is 0 Å². The third-order valence-corrected chi connectivity index (χ3v) is 5.22. The SMILES string of the molecule is CCc1c(C)sc(NC(=O)[C@H]2CCCO2)c1C(=O)NC1CC1. The number of carbonyl (C=O) groups is 2. The van der Waals surface area contributed by atoms with Crippen molar-refractivity contribution in [2.24, 2.45) is 0 Å². The smallest absolute Gasteiger partial charge is 0.254 e. The van der Waals surface area contributed by atoms with Crippen LogP contribution < -0.4 is 10.6 Å². The molecule has 22 heavy (non-hydrogen) atoms. The monoisotopic (exact) mass is 322 g/mol. The Kier molecular flexibility index (Phi) is 4.49. The quantitative estimate of drug-likeness (QED) is 0.876. The van der Waals surface area contributed by atoms with E-state index in [-0.39, 0.29) is 17.9 Å². The van der Waals surface area contributed by atoms with Gasteiger partial charge in [-0.3, -0.25) is 9.59 Å². The van der Waals surface area contributed by atoms with E-state index in [1.165, 1.54) is 11.3 Å². The van der Waals surface area contributed by atoms with Gasteiger partial charge in [-0.2, -0.15) is 0 Å². The van der Waals surface area contributed by atoms with Gasteiger partial charge in [0.15, 0.2) is 0 Å². The van der Waals surface area contributed by atoms with E-state index >= 15 is 0 Å². The standard InChI is InChI=1S/C16H22N2O3S/c1-3-11-9(2)22-16(13(11)15(20)17-10-6-7-10)18-14(19)12-5-4-8-21-12/h10,12H,3-8H2,1-2H3,(H,17,20)(H,18,19)/t12-/m1/s1. The molecule has 1 aromatic rings. The van der Waals surface area contributed by atoms with Crippen molar-refractivity contribution in [1.29, 1.82) is 0 Å². The zero-order chi connectivity index (χ0) is 15.7. The number of aryl methyl sites for hydroxylation is 1. The molecule has 1 atom stereocenters. The number of amides is 2. The Balaban J connectivity index is 1.82. The lowest BCUT2D eigenvalue weighted by atomic mass is 10.1. The third-order valence-electron chi connectivity index (χ3n) is 4.16. The summed E-state index contributed by atoms with van der Waals surface area (Å²) in [4.78, 5) is 25.9. The molecule has 2 aliphatic rings. The van der Waals surface area contributed by atoms with Gasteiger partial charge in [0.05, 0.1) is 5.56 Å². The van der Waals surface area contributed by atoms with E-state index in [0.717, 1.165) is 42.5 Å². The number of ether oxygens (including phenoxy) is 1. The second-order valence-electron chi connectivity index (χ2n) is 5.93. The van der Waals surface area contributed by atoms with E-state index in [4.69, 9.17) is 4.74 Å². The molecule has 0 bridgehead atoms. The molecular formula is C16H22N2O3S. The molecule has 6 heteroatoms. The number of carbonyl (C=O) groups excluding carboxylic acids is 2. The van der Waals surface area contributed by atoms with Crippen LogP contribution in [-0.2, 0) is 16.0 Å². The van der Waals surface area contributed by atoms with Crippen molar-refractivity contribution in [1.82, 2.24) is 5.32 Å². The summed E-state index contributed by atoms with van der Waals surface area (Å²) in [6, 6.07) is 0.305. The minimum atomic E-state index is -0.383. The fraction of sp³-hybridized carbons (Fsp3) is 0.625. The highest BCUT2D eigenvalue weighted by molar-refractivity contribution is 7.16. The van der Waals surface area contributed by atoms with Crippen LogP contribution in [0.2, 0.25) is 0 Å². The zero-order valence-electron chi connectivity index (χ0n) is 13.0. The van der Waals surface area contributed by atoms with Crippen molar-refractivity contribution in [2.45, 2.75) is 58.1 Å². The highest BCUT2D eigenvalue weighted by Crippen LogP contribution is 2.34. The molecule has 5 nitrogen and oxygen atoms in total. The first-order valence-corrected chi connectivity index (χ1v) is 8.77. The molecule has 1 aliphatic heterocycles. The number of hydrogen-bond acceptors (Lipinski definition) is 4. The van der Waals surface area contributed by atoms with Crippen molar-refractivity contribution < 1.29 is 14.3 Å². The molecule has 1 aromatic heterocycles. The van der Waals surface area contributed by atoms with Crippen LogP contribution in [0.4, 0.5) is 5.00 Å². The fourth-order valence-electron chi connectivity index (χ4n) is 2.79. The summed E-state index contributed by atoms with van der Waals surface area (Å²) in [6.45, 7) is 4.67. The molecule has 1 saturated heterocycles. The minimum absolute atomic E-state index is 0.0636. The van der Waals surface area contributed by atoms with Gasteiger partial charge in [-0.15, -0.1) is 11.3 Å². The third kappa shape index (κ3) is 3.17. The minimum Gasteiger partial charge on any atom is -0.368 e. The molecule has 0 unspecified atom stereocenters. The molecule has 120 valence electrons. The normalized spacial score (nSPS) is 20.9. The molecule has 1 aliphatic carbocycles. The zero-order valence-corrected chi connectivity index (χ0v) is 13.8. The van der Waals surface area contributed by atoms with Gasteiger partial charge in [0, 0.05) is 17.5 Å². The predicted octanol–water partition coefficient (Wildman–Crippen LogP) is 2.63. The van der Waals surface area contributed by atoms with Crippen LogP contribution in [-0.4, -0.2) is 30.6 Å². The van der Waals surface area contributed by atoms with Gasteiger partial charge in [0.1, 0.15) is 11.1 Å². The Morgan fingerprint density at radius 2 is 2.09 bits per heavy atom. The first kappa shape index (κ1) is 15.5. The number of anilines is 1. The Morgan fingerprint density at radius 3 is 2.68 bits per heavy atom. The van der Waals surface area contributed by atoms with Crippen molar-refractivity contribution in [3.8, 4) is 0 Å². The molecule has 0 spiro atoms. The summed E-state index contributed by atoms with van der Waals surface area (Å²) in [5.74, 6) is -0.201. The van der Waals surface area contributed by atoms with Crippen molar-refractivity contribution in [2.75, 3.05) is 11.9 Å². The van der Waals surface area contributed by atoms with Gasteiger partial charge in [0.2, 0.25) is 0 Å². The Bertz CT molecular complexity index is 586. The average molecular weight is 322 g/mol. The molecule has 1 saturated carbocycles. The maximum atomic E-state index is 12.5. The largest absolute Gasteiger partial charge is 0.368 e. The second-order valence-corrected chi connectivity index (χ2v) is 7.16. The first-order chi connectivity index (χ1) is 10.6. The average Bonchev–Trinajstić information content (AvgIpc) is 3.03. The summed E-state index contributed by atoms with van der Waals surface area (Å²) in [6.07, 6.45) is 4.16. The second kappa shape index (κ2) is 6.38. The van der Waals surface area contributed by atoms with Gasteiger partial charge in [-0.05, 0) is 44.6 Å². The molecule has 2 fully saturated rings. The number of nitrogens with one attached hydrogen (secondary N) is 2. The topological polar surface area (TPSA) is 67.4 Å². The number of thiophene rings is 1. The summed E-state index contributed by atoms with van der Waals surface area (Å²) in [7, 11) is 0. The van der Waals surface area contributed by atoms with Crippen LogP contribution in [0.5, 0.6) is 0 Å². The van der Waals surface area contributed by atoms with E-state index in [2.05, 4.69) is 10.6 Å². The number of rotatable bonds is 5. The molecular weight excluding hydrogens is 300 g/mol. The molecule has 2 amide bonds. The van der Waals surface area contributed by atoms with E-state index in [1.807, 2.05) is 13.8 Å². The number of hydrogen-bond donors (Lipinski definition) is 2. The van der Waals surface area contributed by atoms with Crippen LogP contribution >= 0.6 is 11.3 Å². The van der Waals surface area contributed by atoms with E-state index in [1.54, 1.807) is 0 Å². The Morgan fingerprint density at radius 1 is 1.32 bits per heavy atom. The van der Waals surface area contributed by atoms with Gasteiger partial charge in [-0.1, -0.05) is 6.92 Å². The lowest BCUT2D eigenvalue weighted by molar-refractivity contribution is -0.124. The summed E-state index contributed by atoms with van der Waals surface area (Å²) in [5, 5.41) is 6.60. The van der Waals surface area contributed by atoms with Crippen LogP contribution in [0.15, 0.2) is 0 Å². The highest BCUT2D eigenvalue weighted by Gasteiger charge is 2.30. The molecule has 0 radical (unpaired) electrons. The maximum Gasteiger partial charge on any atom is 0.254 e. The first-order valence-electron chi connectivity index (χ1n) is 7.95. The maximum absolute atomic E-state index is 12.5. The highest BCUT2D eigenvalue weighted by atomic mass is 32.1. The van der Waals surface area contributed by atoms with E-state index in [0.29, 0.717) is 23.2 Å². The summed E-state index contributed by atoms with van der Waals surface area (Å²) < 4.78 is 5.42. The summed E-state index contributed by atoms with van der Waals surface area (Å²) >= 11 is 1.48. The molecule has 2 heterocycles. The molecule has 3 rings (SSSR count). The Labute approximate surface area is 134 Å². The van der Waals surface area contributed by atoms with E-state index in [9.17, 15) is 9.59 Å². The van der Waals surface area contributed by atoms with Gasteiger partial charge in [0.25, 0.3) is 11.8 Å². The van der Waals surface area contributed by atoms with Crippen LogP contribution in [0.25, 0.3) is 0 Å². The van der Waals surface area contributed by atoms with Crippen molar-refractivity contribution in [3.05, 3.63) is 16.0 Å². The van der Waals surface area contributed by atoms with Gasteiger partial charge < -0.3 is 15.4 Å². The van der Waals surface area contributed by atoms with Gasteiger partial charge in [-0.25, -0.2) is 0 Å². The molecule has 2 N–H and O–H groups in total. The molecule has 0 aromatic carbocycles. The van der Waals surface area contributed by atoms with Crippen LogP contribution in [0, 0.1) is 6.92 Å². The van der Waals surface area contributed by atoms with Crippen LogP contribution in [0.1, 0.15) is 53.4 Å². The fourth-order valence-corrected chi connectivity index (χ4v) is 3.94. The van der Waals surface area contributed by atoms with Crippen LogP contribution in [0.3, 0.4) is 0 Å². The lowest BCUT2D eigenvalue weighted by Gasteiger charge is -2.11. The summed E-state index contributed by atoms with van der Waals surface area (Å²) in [5.41, 5.74) is 1.68. The van der Waals surface area contributed by atoms with Crippen molar-refractivity contribution in [3.63, 3.8) is 0 Å². The van der Waals surface area contributed by atoms with E-state index < -0.39 is 0 Å². The predicted molar refractivity (Wildman–Crippen MR) is 86.5 cm³/mol. The Hall–Kier alpha value is -1.40. The van der Waals surface area contributed by atoms with Crippen molar-refractivity contribution >= 4 is 28.2 Å². The lowest BCUT2D eigenvalue weighted by Crippen LogP contribution is -2.30.